The van der Waals surface area contributed by atoms with Gasteiger partial charge >= 0.3 is 0 Å². The zero-order chi connectivity index (χ0) is 9.73. The molecule has 0 radical (unpaired) electrons. The zero-order valence-electron chi connectivity index (χ0n) is 8.81. The third-order valence-corrected chi connectivity index (χ3v) is 4.27. The van der Waals surface area contributed by atoms with E-state index in [-0.39, 0.29) is 0 Å². The molecular formula is C11H21BrO. The van der Waals surface area contributed by atoms with Gasteiger partial charge < -0.3 is 4.74 Å². The van der Waals surface area contributed by atoms with Crippen molar-refractivity contribution < 1.29 is 4.74 Å². The van der Waals surface area contributed by atoms with Crippen molar-refractivity contribution in [3.63, 3.8) is 0 Å². The summed E-state index contributed by atoms with van der Waals surface area (Å²) >= 11 is 3.62. The molecule has 13 heavy (non-hydrogen) atoms. The highest BCUT2D eigenvalue weighted by Gasteiger charge is 2.28. The molecule has 1 fully saturated rings. The molecule has 1 aliphatic heterocycles. The summed E-state index contributed by atoms with van der Waals surface area (Å²) < 4.78 is 5.68. The Hall–Kier alpha value is 0.440. The fraction of sp³-hybridized carbons (Fsp3) is 1.00. The van der Waals surface area contributed by atoms with E-state index in [1.165, 1.54) is 32.1 Å². The summed E-state index contributed by atoms with van der Waals surface area (Å²) in [4.78, 5) is 0. The monoisotopic (exact) mass is 248 g/mol. The summed E-state index contributed by atoms with van der Waals surface area (Å²) in [7, 11) is 0. The lowest BCUT2D eigenvalue weighted by atomic mass is 9.82. The lowest BCUT2D eigenvalue weighted by Gasteiger charge is -2.29. The smallest absolute Gasteiger partial charge is 0.0581 e. The molecule has 0 saturated carbocycles. The second-order valence-electron chi connectivity index (χ2n) is 4.53. The Morgan fingerprint density at radius 3 is 2.77 bits per heavy atom. The van der Waals surface area contributed by atoms with Crippen molar-refractivity contribution in [1.82, 2.24) is 0 Å². The van der Waals surface area contributed by atoms with Gasteiger partial charge in [0.1, 0.15) is 0 Å². The highest BCUT2D eigenvalue weighted by Crippen LogP contribution is 2.34. The maximum atomic E-state index is 5.68. The highest BCUT2D eigenvalue weighted by atomic mass is 79.9. The van der Waals surface area contributed by atoms with Crippen molar-refractivity contribution in [2.45, 2.75) is 52.1 Å². The molecule has 0 aromatic rings. The van der Waals surface area contributed by atoms with Crippen LogP contribution < -0.4 is 0 Å². The van der Waals surface area contributed by atoms with Crippen LogP contribution in [0.1, 0.15) is 46.0 Å². The van der Waals surface area contributed by atoms with E-state index in [2.05, 4.69) is 29.8 Å². The molecule has 1 heterocycles. The first-order chi connectivity index (χ1) is 6.20. The van der Waals surface area contributed by atoms with Gasteiger partial charge in [-0.15, -0.1) is 0 Å². The molecule has 1 rings (SSSR count). The van der Waals surface area contributed by atoms with E-state index in [0.717, 1.165) is 11.9 Å². The van der Waals surface area contributed by atoms with Crippen molar-refractivity contribution in [2.75, 3.05) is 11.9 Å². The van der Waals surface area contributed by atoms with Gasteiger partial charge in [0, 0.05) is 11.9 Å². The molecule has 0 aromatic carbocycles. The first kappa shape index (κ1) is 11.5. The molecular weight excluding hydrogens is 228 g/mol. The molecule has 1 saturated heterocycles. The average molecular weight is 249 g/mol. The van der Waals surface area contributed by atoms with Crippen LogP contribution in [0.15, 0.2) is 0 Å². The minimum atomic E-state index is 0.448. The Balaban J connectivity index is 2.36. The summed E-state index contributed by atoms with van der Waals surface area (Å²) in [6.45, 7) is 5.61. The second-order valence-corrected chi connectivity index (χ2v) is 5.09. The predicted molar refractivity (Wildman–Crippen MR) is 60.4 cm³/mol. The van der Waals surface area contributed by atoms with Gasteiger partial charge in [-0.05, 0) is 31.1 Å². The van der Waals surface area contributed by atoms with Crippen LogP contribution in [0.25, 0.3) is 0 Å². The molecule has 2 unspecified atom stereocenters. The first-order valence-corrected chi connectivity index (χ1v) is 6.50. The lowest BCUT2D eigenvalue weighted by Crippen LogP contribution is -2.24. The molecule has 0 aromatic heterocycles. The van der Waals surface area contributed by atoms with Crippen LogP contribution in [0, 0.1) is 5.41 Å². The van der Waals surface area contributed by atoms with E-state index >= 15 is 0 Å². The van der Waals surface area contributed by atoms with Crippen molar-refractivity contribution in [2.24, 2.45) is 5.41 Å². The maximum Gasteiger partial charge on any atom is 0.0581 e. The van der Waals surface area contributed by atoms with E-state index in [1.54, 1.807) is 0 Å². The van der Waals surface area contributed by atoms with Crippen LogP contribution >= 0.6 is 15.9 Å². The van der Waals surface area contributed by atoms with Gasteiger partial charge in [-0.1, -0.05) is 36.2 Å². The van der Waals surface area contributed by atoms with Crippen LogP contribution in [0.3, 0.4) is 0 Å². The SMILES string of the molecule is CCCC(C)(CBr)CC1CCCO1. The molecule has 2 heteroatoms. The minimum absolute atomic E-state index is 0.448. The lowest BCUT2D eigenvalue weighted by molar-refractivity contribution is 0.0704. The molecule has 0 amide bonds. The van der Waals surface area contributed by atoms with Gasteiger partial charge in [0.2, 0.25) is 0 Å². The molecule has 0 bridgehead atoms. The number of alkyl halides is 1. The molecule has 0 N–H and O–H groups in total. The van der Waals surface area contributed by atoms with Crippen LogP contribution in [-0.2, 0) is 4.74 Å². The predicted octanol–water partition coefficient (Wildman–Crippen LogP) is 3.76. The third kappa shape index (κ3) is 3.59. The summed E-state index contributed by atoms with van der Waals surface area (Å²) in [6.07, 6.45) is 6.87. The Kier molecular flexibility index (Phi) is 4.74. The van der Waals surface area contributed by atoms with Crippen molar-refractivity contribution in [3.05, 3.63) is 0 Å². The zero-order valence-corrected chi connectivity index (χ0v) is 10.4. The van der Waals surface area contributed by atoms with Gasteiger partial charge in [0.25, 0.3) is 0 Å². The average Bonchev–Trinajstić information content (AvgIpc) is 2.57. The fourth-order valence-corrected chi connectivity index (χ4v) is 2.69. The normalized spacial score (nSPS) is 27.5. The van der Waals surface area contributed by atoms with E-state index in [9.17, 15) is 0 Å². The Morgan fingerprint density at radius 1 is 1.54 bits per heavy atom. The summed E-state index contributed by atoms with van der Waals surface area (Å²) in [5.41, 5.74) is 0.448. The van der Waals surface area contributed by atoms with E-state index in [0.29, 0.717) is 11.5 Å². The number of halogens is 1. The number of ether oxygens (including phenoxy) is 1. The molecule has 2 atom stereocenters. The Morgan fingerprint density at radius 2 is 2.31 bits per heavy atom. The third-order valence-electron chi connectivity index (χ3n) is 2.92. The van der Waals surface area contributed by atoms with E-state index < -0.39 is 0 Å². The summed E-state index contributed by atoms with van der Waals surface area (Å²) in [6, 6.07) is 0. The molecule has 1 aliphatic rings. The fourth-order valence-electron chi connectivity index (χ4n) is 2.18. The largest absolute Gasteiger partial charge is 0.378 e. The Labute approximate surface area is 90.4 Å². The number of rotatable bonds is 5. The van der Waals surface area contributed by atoms with Crippen LogP contribution in [0.4, 0.5) is 0 Å². The maximum absolute atomic E-state index is 5.68. The topological polar surface area (TPSA) is 9.23 Å². The van der Waals surface area contributed by atoms with Gasteiger partial charge in [-0.25, -0.2) is 0 Å². The van der Waals surface area contributed by atoms with Gasteiger partial charge in [0.15, 0.2) is 0 Å². The van der Waals surface area contributed by atoms with Crippen molar-refractivity contribution in [1.29, 1.82) is 0 Å². The number of hydrogen-bond donors (Lipinski definition) is 0. The quantitative estimate of drug-likeness (QED) is 0.674. The van der Waals surface area contributed by atoms with Crippen LogP contribution in [0.5, 0.6) is 0 Å². The molecule has 1 nitrogen and oxygen atoms in total. The molecule has 0 aliphatic carbocycles. The molecule has 0 spiro atoms. The standard InChI is InChI=1S/C11H21BrO/c1-3-6-11(2,9-12)8-10-5-4-7-13-10/h10H,3-9H2,1-2H3. The van der Waals surface area contributed by atoms with Gasteiger partial charge in [-0.3, -0.25) is 0 Å². The Bertz CT molecular complexity index is 143. The summed E-state index contributed by atoms with van der Waals surface area (Å²) in [5, 5.41) is 1.10. The summed E-state index contributed by atoms with van der Waals surface area (Å²) in [5.74, 6) is 0. The highest BCUT2D eigenvalue weighted by molar-refractivity contribution is 9.09. The van der Waals surface area contributed by atoms with E-state index in [1.807, 2.05) is 0 Å². The van der Waals surface area contributed by atoms with Gasteiger partial charge in [-0.2, -0.15) is 0 Å². The van der Waals surface area contributed by atoms with Crippen molar-refractivity contribution in [3.8, 4) is 0 Å². The van der Waals surface area contributed by atoms with Crippen LogP contribution in [-0.4, -0.2) is 18.0 Å². The minimum Gasteiger partial charge on any atom is -0.378 e. The first-order valence-electron chi connectivity index (χ1n) is 5.38. The van der Waals surface area contributed by atoms with Crippen LogP contribution in [0.2, 0.25) is 0 Å². The second kappa shape index (κ2) is 5.35. The van der Waals surface area contributed by atoms with E-state index in [4.69, 9.17) is 4.74 Å². The number of hydrogen-bond acceptors (Lipinski definition) is 1. The van der Waals surface area contributed by atoms with Crippen molar-refractivity contribution >= 4 is 15.9 Å². The molecule has 78 valence electrons. The van der Waals surface area contributed by atoms with Gasteiger partial charge in [0.05, 0.1) is 6.10 Å².